The zero-order chi connectivity index (χ0) is 14.8. The molecule has 0 saturated carbocycles. The molecular weight excluding hydrogens is 270 g/mol. The number of amides is 1. The molecule has 1 amide bonds. The van der Waals surface area contributed by atoms with E-state index in [9.17, 15) is 9.90 Å². The van der Waals surface area contributed by atoms with Gasteiger partial charge in [0.1, 0.15) is 6.10 Å². The number of hydrogen-bond acceptors (Lipinski definition) is 3. The number of H-pyrrole nitrogens is 1. The number of rotatable bonds is 3. The molecule has 1 atom stereocenters. The lowest BCUT2D eigenvalue weighted by Crippen LogP contribution is -2.08. The monoisotopic (exact) mass is 283 g/mol. The lowest BCUT2D eigenvalue weighted by molar-refractivity contribution is 0.209. The molecule has 0 radical (unpaired) electrons. The second-order valence-electron chi connectivity index (χ2n) is 4.61. The first-order chi connectivity index (χ1) is 10.1. The Morgan fingerprint density at radius 3 is 2.62 bits per heavy atom. The molecule has 3 rings (SSSR count). The van der Waals surface area contributed by atoms with E-state index in [1.165, 1.54) is 0 Å². The van der Waals surface area contributed by atoms with Gasteiger partial charge in [-0.2, -0.15) is 0 Å². The number of fused-ring (bicyclic) bond motifs is 1. The highest BCUT2D eigenvalue weighted by Gasteiger charge is 2.12. The van der Waals surface area contributed by atoms with Gasteiger partial charge in [-0.25, -0.2) is 9.78 Å². The number of benzene rings is 2. The van der Waals surface area contributed by atoms with E-state index in [1.807, 2.05) is 30.3 Å². The maximum Gasteiger partial charge on any atom is 0.411 e. The van der Waals surface area contributed by atoms with Gasteiger partial charge in [0.15, 0.2) is 0 Å². The smallest absolute Gasteiger partial charge is 0.411 e. The Morgan fingerprint density at radius 1 is 1.14 bits per heavy atom. The van der Waals surface area contributed by atoms with Crippen LogP contribution in [0.5, 0.6) is 0 Å². The van der Waals surface area contributed by atoms with Crippen molar-refractivity contribution in [3.8, 4) is 0 Å². The summed E-state index contributed by atoms with van der Waals surface area (Å²) in [5, 5.41) is 21.2. The molecule has 1 unspecified atom stereocenters. The van der Waals surface area contributed by atoms with Gasteiger partial charge < -0.3 is 15.2 Å². The zero-order valence-corrected chi connectivity index (χ0v) is 10.9. The van der Waals surface area contributed by atoms with Gasteiger partial charge in [-0.1, -0.05) is 36.4 Å². The molecule has 1 heterocycles. The number of carboxylic acid groups (broad SMARTS) is 1. The Balaban J connectivity index is 1.95. The minimum Gasteiger partial charge on any atom is -0.465 e. The topological polar surface area (TPSA) is 98.2 Å². The Hall–Kier alpha value is -2.86. The molecule has 106 valence electrons. The predicted octanol–water partition coefficient (Wildman–Crippen LogP) is 2.73. The van der Waals surface area contributed by atoms with Crippen LogP contribution in [-0.2, 0) is 0 Å². The van der Waals surface area contributed by atoms with Crippen LogP contribution in [0.1, 0.15) is 17.2 Å². The number of aromatic nitrogens is 2. The summed E-state index contributed by atoms with van der Waals surface area (Å²) in [6.07, 6.45) is -1.93. The molecule has 1 aromatic heterocycles. The normalized spacial score (nSPS) is 12.2. The summed E-state index contributed by atoms with van der Waals surface area (Å²) >= 11 is 0. The van der Waals surface area contributed by atoms with Crippen LogP contribution < -0.4 is 5.32 Å². The van der Waals surface area contributed by atoms with Gasteiger partial charge >= 0.3 is 6.09 Å². The highest BCUT2D eigenvalue weighted by Crippen LogP contribution is 2.25. The number of carbonyl (C=O) groups is 1. The molecule has 0 spiro atoms. The Kier molecular flexibility index (Phi) is 3.29. The van der Waals surface area contributed by atoms with Crippen LogP contribution in [0.4, 0.5) is 10.7 Å². The van der Waals surface area contributed by atoms with E-state index in [2.05, 4.69) is 15.3 Å². The first kappa shape index (κ1) is 13.1. The Bertz CT molecular complexity index is 783. The number of hydrogen-bond donors (Lipinski definition) is 4. The molecule has 0 saturated heterocycles. The molecule has 6 heteroatoms. The summed E-state index contributed by atoms with van der Waals surface area (Å²) in [7, 11) is 0. The van der Waals surface area contributed by atoms with Gasteiger partial charge in [-0.05, 0) is 23.3 Å². The average molecular weight is 283 g/mol. The summed E-state index contributed by atoms with van der Waals surface area (Å²) in [6, 6.07) is 14.6. The van der Waals surface area contributed by atoms with Gasteiger partial charge in [0.2, 0.25) is 5.95 Å². The SMILES string of the molecule is O=C(O)Nc1nc2cc(C(O)c3ccccc3)ccc2[nH]1. The van der Waals surface area contributed by atoms with Crippen molar-refractivity contribution in [2.75, 3.05) is 5.32 Å². The fourth-order valence-electron chi connectivity index (χ4n) is 2.18. The van der Waals surface area contributed by atoms with Crippen molar-refractivity contribution in [3.63, 3.8) is 0 Å². The van der Waals surface area contributed by atoms with Crippen molar-refractivity contribution in [1.82, 2.24) is 9.97 Å². The van der Waals surface area contributed by atoms with Crippen LogP contribution in [0.2, 0.25) is 0 Å². The van der Waals surface area contributed by atoms with Crippen LogP contribution in [-0.4, -0.2) is 26.3 Å². The number of nitrogens with zero attached hydrogens (tertiary/aromatic N) is 1. The van der Waals surface area contributed by atoms with E-state index in [4.69, 9.17) is 5.11 Å². The maximum atomic E-state index is 10.6. The second kappa shape index (κ2) is 5.26. The second-order valence-corrected chi connectivity index (χ2v) is 4.61. The number of imidazole rings is 1. The number of aromatic amines is 1. The number of aliphatic hydroxyl groups excluding tert-OH is 1. The third-order valence-corrected chi connectivity index (χ3v) is 3.16. The minimum atomic E-state index is -1.18. The maximum absolute atomic E-state index is 10.6. The van der Waals surface area contributed by atoms with E-state index in [1.54, 1.807) is 18.2 Å². The van der Waals surface area contributed by atoms with Crippen molar-refractivity contribution < 1.29 is 15.0 Å². The van der Waals surface area contributed by atoms with Crippen LogP contribution in [0, 0.1) is 0 Å². The van der Waals surface area contributed by atoms with Gasteiger partial charge in [-0.3, -0.25) is 5.32 Å². The quantitative estimate of drug-likeness (QED) is 0.594. The molecule has 0 aliphatic heterocycles. The van der Waals surface area contributed by atoms with E-state index in [0.717, 1.165) is 5.56 Å². The molecule has 0 bridgehead atoms. The molecule has 21 heavy (non-hydrogen) atoms. The fraction of sp³-hybridized carbons (Fsp3) is 0.0667. The van der Waals surface area contributed by atoms with Gasteiger partial charge in [0.25, 0.3) is 0 Å². The first-order valence-corrected chi connectivity index (χ1v) is 6.36. The van der Waals surface area contributed by atoms with Crippen LogP contribution in [0.15, 0.2) is 48.5 Å². The van der Waals surface area contributed by atoms with E-state index < -0.39 is 12.2 Å². The number of anilines is 1. The van der Waals surface area contributed by atoms with Crippen molar-refractivity contribution >= 4 is 23.1 Å². The van der Waals surface area contributed by atoms with Gasteiger partial charge in [0, 0.05) is 0 Å². The molecule has 2 aromatic carbocycles. The van der Waals surface area contributed by atoms with Crippen LogP contribution in [0.3, 0.4) is 0 Å². The predicted molar refractivity (Wildman–Crippen MR) is 78.2 cm³/mol. The molecule has 0 fully saturated rings. The molecule has 6 nitrogen and oxygen atoms in total. The third-order valence-electron chi connectivity index (χ3n) is 3.16. The van der Waals surface area contributed by atoms with Gasteiger partial charge in [0.05, 0.1) is 11.0 Å². The number of nitrogens with one attached hydrogen (secondary N) is 2. The Labute approximate surface area is 120 Å². The standard InChI is InChI=1S/C15H13N3O3/c19-13(9-4-2-1-3-5-9)10-6-7-11-12(8-10)17-14(16-11)18-15(20)21/h1-8,13,19H,(H,20,21)(H2,16,17,18). The summed E-state index contributed by atoms with van der Waals surface area (Å²) in [5.74, 6) is 0.156. The largest absolute Gasteiger partial charge is 0.465 e. The summed E-state index contributed by atoms with van der Waals surface area (Å²) in [6.45, 7) is 0. The first-order valence-electron chi connectivity index (χ1n) is 6.36. The molecule has 3 aromatic rings. The van der Waals surface area contributed by atoms with Crippen LogP contribution in [0.25, 0.3) is 11.0 Å². The Morgan fingerprint density at radius 2 is 1.90 bits per heavy atom. The lowest BCUT2D eigenvalue weighted by Gasteiger charge is -2.10. The third kappa shape index (κ3) is 2.70. The minimum absolute atomic E-state index is 0.156. The zero-order valence-electron chi connectivity index (χ0n) is 10.9. The van der Waals surface area contributed by atoms with Crippen LogP contribution >= 0.6 is 0 Å². The highest BCUT2D eigenvalue weighted by molar-refractivity contribution is 5.85. The van der Waals surface area contributed by atoms with Crippen molar-refractivity contribution in [1.29, 1.82) is 0 Å². The van der Waals surface area contributed by atoms with Crippen molar-refractivity contribution in [2.24, 2.45) is 0 Å². The number of aliphatic hydroxyl groups is 1. The lowest BCUT2D eigenvalue weighted by atomic mass is 10.0. The van der Waals surface area contributed by atoms with E-state index >= 15 is 0 Å². The average Bonchev–Trinajstić information content (AvgIpc) is 2.87. The highest BCUT2D eigenvalue weighted by atomic mass is 16.4. The summed E-state index contributed by atoms with van der Waals surface area (Å²) in [4.78, 5) is 17.6. The van der Waals surface area contributed by atoms with Gasteiger partial charge in [-0.15, -0.1) is 0 Å². The van der Waals surface area contributed by atoms with E-state index in [-0.39, 0.29) is 5.95 Å². The molecule has 0 aliphatic carbocycles. The van der Waals surface area contributed by atoms with Crippen molar-refractivity contribution in [2.45, 2.75) is 6.10 Å². The molecule has 0 aliphatic rings. The summed E-state index contributed by atoms with van der Waals surface area (Å²) in [5.41, 5.74) is 2.77. The van der Waals surface area contributed by atoms with Crippen molar-refractivity contribution in [3.05, 3.63) is 59.7 Å². The molecule has 4 N–H and O–H groups in total. The summed E-state index contributed by atoms with van der Waals surface area (Å²) < 4.78 is 0. The fourth-order valence-corrected chi connectivity index (χ4v) is 2.18. The van der Waals surface area contributed by atoms with E-state index in [0.29, 0.717) is 16.6 Å². The molecular formula is C15H13N3O3.